The number of rotatable bonds is 6. The summed E-state index contributed by atoms with van der Waals surface area (Å²) >= 11 is 0. The zero-order valence-electron chi connectivity index (χ0n) is 14.1. The molecule has 24 heavy (non-hydrogen) atoms. The highest BCUT2D eigenvalue weighted by atomic mass is 32.2. The number of nitrogens with two attached hydrogens (primary N) is 1. The van der Waals surface area contributed by atoms with E-state index in [2.05, 4.69) is 5.32 Å². The molecule has 1 amide bonds. The van der Waals surface area contributed by atoms with Gasteiger partial charge >= 0.3 is 0 Å². The number of aryl methyl sites for hydroxylation is 2. The van der Waals surface area contributed by atoms with E-state index < -0.39 is 10.2 Å². The van der Waals surface area contributed by atoms with Crippen LogP contribution in [0.25, 0.3) is 0 Å². The topological polar surface area (TPSA) is 102 Å². The smallest absolute Gasteiger partial charge is 0.276 e. The van der Waals surface area contributed by atoms with Crippen molar-refractivity contribution < 1.29 is 17.9 Å². The van der Waals surface area contributed by atoms with Crippen molar-refractivity contribution in [1.82, 2.24) is 9.62 Å². The molecule has 0 aliphatic carbocycles. The van der Waals surface area contributed by atoms with Gasteiger partial charge in [0.1, 0.15) is 12.4 Å². The fourth-order valence-corrected chi connectivity index (χ4v) is 3.53. The monoisotopic (exact) mass is 355 g/mol. The minimum Gasteiger partial charge on any atom is -0.491 e. The van der Waals surface area contributed by atoms with Gasteiger partial charge in [-0.3, -0.25) is 4.79 Å². The van der Waals surface area contributed by atoms with E-state index in [0.29, 0.717) is 26.0 Å². The SMILES string of the molecule is Cc1ccc(OCCNC(=O)C2CCN(S(N)(=O)=O)CC2)c(C)c1. The Morgan fingerprint density at radius 2 is 2.00 bits per heavy atom. The summed E-state index contributed by atoms with van der Waals surface area (Å²) in [7, 11) is -3.65. The summed E-state index contributed by atoms with van der Waals surface area (Å²) in [6.45, 7) is 5.40. The average Bonchev–Trinajstić information content (AvgIpc) is 2.52. The van der Waals surface area contributed by atoms with Crippen LogP contribution >= 0.6 is 0 Å². The Labute approximate surface area is 143 Å². The van der Waals surface area contributed by atoms with Crippen molar-refractivity contribution in [3.63, 3.8) is 0 Å². The predicted octanol–water partition coefficient (Wildman–Crippen LogP) is 0.714. The predicted molar refractivity (Wildman–Crippen MR) is 91.8 cm³/mol. The maximum atomic E-state index is 12.1. The van der Waals surface area contributed by atoms with E-state index in [9.17, 15) is 13.2 Å². The Morgan fingerprint density at radius 3 is 2.58 bits per heavy atom. The standard InChI is InChI=1S/C16H25N3O4S/c1-12-3-4-15(13(2)11-12)23-10-7-18-16(20)14-5-8-19(9-6-14)24(17,21)22/h3-4,11,14H,5-10H2,1-2H3,(H,18,20)(H2,17,21,22). The summed E-state index contributed by atoms with van der Waals surface area (Å²) < 4.78 is 29.4. The van der Waals surface area contributed by atoms with Crippen molar-refractivity contribution in [3.05, 3.63) is 29.3 Å². The molecular weight excluding hydrogens is 330 g/mol. The Bertz CT molecular complexity index is 683. The van der Waals surface area contributed by atoms with E-state index in [1.807, 2.05) is 32.0 Å². The number of carbonyl (C=O) groups is 1. The van der Waals surface area contributed by atoms with Crippen LogP contribution in [0.15, 0.2) is 18.2 Å². The second kappa shape index (κ2) is 7.96. The first-order valence-electron chi connectivity index (χ1n) is 8.03. The molecule has 1 aromatic carbocycles. The minimum absolute atomic E-state index is 0.0618. The van der Waals surface area contributed by atoms with Crippen LogP contribution < -0.4 is 15.2 Å². The zero-order valence-corrected chi connectivity index (χ0v) is 14.9. The summed E-state index contributed by atoms with van der Waals surface area (Å²) in [5.41, 5.74) is 2.25. The molecule has 2 rings (SSSR count). The zero-order chi connectivity index (χ0) is 17.7. The van der Waals surface area contributed by atoms with Gasteiger partial charge < -0.3 is 10.1 Å². The molecule has 1 heterocycles. The number of piperidine rings is 1. The Balaban J connectivity index is 1.70. The molecular formula is C16H25N3O4S. The lowest BCUT2D eigenvalue weighted by Crippen LogP contribution is -2.45. The molecule has 0 atom stereocenters. The van der Waals surface area contributed by atoms with E-state index in [1.165, 1.54) is 9.87 Å². The molecule has 7 nitrogen and oxygen atoms in total. The third kappa shape index (κ3) is 5.19. The molecule has 0 unspecified atom stereocenters. The maximum absolute atomic E-state index is 12.1. The minimum atomic E-state index is -3.65. The lowest BCUT2D eigenvalue weighted by atomic mass is 9.97. The number of ether oxygens (including phenoxy) is 1. The number of nitrogens with zero attached hydrogens (tertiary/aromatic N) is 1. The fourth-order valence-electron chi connectivity index (χ4n) is 2.81. The molecule has 0 aromatic heterocycles. The summed E-state index contributed by atoms with van der Waals surface area (Å²) in [4.78, 5) is 12.1. The number of nitrogens with one attached hydrogen (secondary N) is 1. The highest BCUT2D eigenvalue weighted by molar-refractivity contribution is 7.86. The van der Waals surface area contributed by atoms with Crippen molar-refractivity contribution in [2.45, 2.75) is 26.7 Å². The largest absolute Gasteiger partial charge is 0.491 e. The molecule has 0 bridgehead atoms. The first-order chi connectivity index (χ1) is 11.3. The summed E-state index contributed by atoms with van der Waals surface area (Å²) in [6, 6.07) is 5.96. The summed E-state index contributed by atoms with van der Waals surface area (Å²) in [5, 5.41) is 7.93. The van der Waals surface area contributed by atoms with Gasteiger partial charge in [0.15, 0.2) is 0 Å². The summed E-state index contributed by atoms with van der Waals surface area (Å²) in [5.74, 6) is 0.578. The van der Waals surface area contributed by atoms with Gasteiger partial charge in [-0.2, -0.15) is 12.7 Å². The maximum Gasteiger partial charge on any atom is 0.276 e. The Morgan fingerprint density at radius 1 is 1.33 bits per heavy atom. The number of amides is 1. The quantitative estimate of drug-likeness (QED) is 0.734. The van der Waals surface area contributed by atoms with Crippen molar-refractivity contribution in [1.29, 1.82) is 0 Å². The fraction of sp³-hybridized carbons (Fsp3) is 0.562. The highest BCUT2D eigenvalue weighted by Gasteiger charge is 2.28. The van der Waals surface area contributed by atoms with Gasteiger partial charge in [-0.25, -0.2) is 5.14 Å². The Hall–Kier alpha value is -1.64. The molecule has 8 heteroatoms. The van der Waals surface area contributed by atoms with Gasteiger partial charge in [0.05, 0.1) is 6.54 Å². The van der Waals surface area contributed by atoms with Gasteiger partial charge in [0.2, 0.25) is 5.91 Å². The second-order valence-electron chi connectivity index (χ2n) is 6.13. The van der Waals surface area contributed by atoms with Crippen LogP contribution in [0.5, 0.6) is 5.75 Å². The van der Waals surface area contributed by atoms with Crippen LogP contribution in [-0.2, 0) is 15.0 Å². The van der Waals surface area contributed by atoms with E-state index >= 15 is 0 Å². The molecule has 1 fully saturated rings. The van der Waals surface area contributed by atoms with E-state index in [-0.39, 0.29) is 24.9 Å². The first-order valence-corrected chi connectivity index (χ1v) is 9.53. The van der Waals surface area contributed by atoms with E-state index in [4.69, 9.17) is 9.88 Å². The van der Waals surface area contributed by atoms with Gasteiger partial charge in [0.25, 0.3) is 10.2 Å². The molecule has 1 aromatic rings. The van der Waals surface area contributed by atoms with Crippen LogP contribution in [0.2, 0.25) is 0 Å². The third-order valence-corrected chi connectivity index (χ3v) is 5.26. The van der Waals surface area contributed by atoms with Gasteiger partial charge in [0, 0.05) is 19.0 Å². The Kier molecular flexibility index (Phi) is 6.20. The van der Waals surface area contributed by atoms with Crippen LogP contribution in [0.4, 0.5) is 0 Å². The van der Waals surface area contributed by atoms with Crippen molar-refractivity contribution in [3.8, 4) is 5.75 Å². The van der Waals surface area contributed by atoms with Crippen LogP contribution in [0.1, 0.15) is 24.0 Å². The molecule has 0 radical (unpaired) electrons. The number of hydrogen-bond acceptors (Lipinski definition) is 4. The second-order valence-corrected chi connectivity index (χ2v) is 7.67. The van der Waals surface area contributed by atoms with Gasteiger partial charge in [-0.1, -0.05) is 17.7 Å². The third-order valence-electron chi connectivity index (χ3n) is 4.17. The van der Waals surface area contributed by atoms with Crippen molar-refractivity contribution in [2.24, 2.45) is 11.1 Å². The number of carbonyl (C=O) groups excluding carboxylic acids is 1. The van der Waals surface area contributed by atoms with Crippen molar-refractivity contribution in [2.75, 3.05) is 26.2 Å². The van der Waals surface area contributed by atoms with Crippen LogP contribution in [0.3, 0.4) is 0 Å². The lowest BCUT2D eigenvalue weighted by molar-refractivity contribution is -0.126. The molecule has 1 saturated heterocycles. The summed E-state index contributed by atoms with van der Waals surface area (Å²) in [6.07, 6.45) is 0.973. The number of hydrogen-bond donors (Lipinski definition) is 2. The van der Waals surface area contributed by atoms with Crippen LogP contribution in [-0.4, -0.2) is 44.9 Å². The van der Waals surface area contributed by atoms with E-state index in [1.54, 1.807) is 0 Å². The molecule has 3 N–H and O–H groups in total. The molecule has 0 spiro atoms. The number of benzene rings is 1. The van der Waals surface area contributed by atoms with Gasteiger partial charge in [-0.05, 0) is 38.3 Å². The molecule has 1 aliphatic rings. The van der Waals surface area contributed by atoms with Crippen molar-refractivity contribution >= 4 is 16.1 Å². The molecule has 1 aliphatic heterocycles. The molecule has 134 valence electrons. The normalized spacial score (nSPS) is 16.8. The highest BCUT2D eigenvalue weighted by Crippen LogP contribution is 2.19. The first kappa shape index (κ1) is 18.7. The van der Waals surface area contributed by atoms with Gasteiger partial charge in [-0.15, -0.1) is 0 Å². The van der Waals surface area contributed by atoms with Crippen LogP contribution in [0, 0.1) is 19.8 Å². The average molecular weight is 355 g/mol. The van der Waals surface area contributed by atoms with E-state index in [0.717, 1.165) is 11.3 Å². The lowest BCUT2D eigenvalue weighted by Gasteiger charge is -2.29. The molecule has 0 saturated carbocycles.